The lowest BCUT2D eigenvalue weighted by Crippen LogP contribution is -2.21. The van der Waals surface area contributed by atoms with E-state index in [0.717, 1.165) is 18.0 Å². The number of hydrogen-bond donors (Lipinski definition) is 1. The Morgan fingerprint density at radius 1 is 1.13 bits per heavy atom. The summed E-state index contributed by atoms with van der Waals surface area (Å²) in [5.41, 5.74) is 0.638. The van der Waals surface area contributed by atoms with Crippen LogP contribution < -0.4 is 5.56 Å². The van der Waals surface area contributed by atoms with Crippen LogP contribution >= 0.6 is 0 Å². The zero-order valence-electron chi connectivity index (χ0n) is 17.7. The predicted molar refractivity (Wildman–Crippen MR) is 119 cm³/mol. The lowest BCUT2D eigenvalue weighted by Gasteiger charge is -2.31. The molecule has 31 heavy (non-hydrogen) atoms. The molecule has 0 amide bonds. The van der Waals surface area contributed by atoms with E-state index in [0.29, 0.717) is 17.0 Å². The van der Waals surface area contributed by atoms with Gasteiger partial charge < -0.3 is 9.55 Å². The molecule has 3 aromatic heterocycles. The van der Waals surface area contributed by atoms with Gasteiger partial charge in [0.1, 0.15) is 17.7 Å². The van der Waals surface area contributed by atoms with Crippen LogP contribution in [0.15, 0.2) is 64.8 Å². The summed E-state index contributed by atoms with van der Waals surface area (Å²) >= 11 is 0. The molecule has 1 aliphatic rings. The maximum Gasteiger partial charge on any atom is 0.279 e. The minimum atomic E-state index is -3.43. The number of benzene rings is 1. The number of nitrogens with zero attached hydrogens (tertiary/aromatic N) is 4. The molecule has 1 aromatic carbocycles. The molecule has 1 saturated carbocycles. The molecule has 1 N–H and O–H groups in total. The van der Waals surface area contributed by atoms with Crippen molar-refractivity contribution in [3.63, 3.8) is 0 Å². The highest BCUT2D eigenvalue weighted by molar-refractivity contribution is 7.91. The second-order valence-corrected chi connectivity index (χ2v) is 10.1. The molecule has 0 aliphatic heterocycles. The van der Waals surface area contributed by atoms with Crippen LogP contribution in [0.5, 0.6) is 0 Å². The largest absolute Gasteiger partial charge is 0.357 e. The van der Waals surface area contributed by atoms with Crippen LogP contribution in [0.2, 0.25) is 0 Å². The fourth-order valence-corrected chi connectivity index (χ4v) is 4.83. The van der Waals surface area contributed by atoms with Gasteiger partial charge in [0.25, 0.3) is 5.56 Å². The number of hydrogen-bond acceptors (Lipinski definition) is 5. The number of rotatable bonds is 3. The lowest BCUT2D eigenvalue weighted by atomic mass is 9.76. The van der Waals surface area contributed by atoms with Crippen LogP contribution in [-0.4, -0.2) is 39.0 Å². The third-order valence-corrected chi connectivity index (χ3v) is 6.73. The summed E-state index contributed by atoms with van der Waals surface area (Å²) in [7, 11) is -1.41. The molecular formula is C22H25N5O3S. The summed E-state index contributed by atoms with van der Waals surface area (Å²) in [6.07, 6.45) is 8.42. The number of aromatic nitrogens is 5. The molecule has 0 spiro atoms. The summed E-state index contributed by atoms with van der Waals surface area (Å²) in [5.74, 6) is 2.72. The molecule has 9 heteroatoms. The Labute approximate surface area is 180 Å². The van der Waals surface area contributed by atoms with Gasteiger partial charge in [0, 0.05) is 42.7 Å². The normalized spacial score (nSPS) is 18.3. The van der Waals surface area contributed by atoms with Crippen molar-refractivity contribution in [2.24, 2.45) is 13.0 Å². The molecule has 0 unspecified atom stereocenters. The maximum absolute atomic E-state index is 12.4. The van der Waals surface area contributed by atoms with Gasteiger partial charge in [0.15, 0.2) is 9.84 Å². The number of sulfone groups is 1. The second-order valence-electron chi connectivity index (χ2n) is 8.12. The summed E-state index contributed by atoms with van der Waals surface area (Å²) in [4.78, 5) is 15.4. The van der Waals surface area contributed by atoms with Gasteiger partial charge in [0.2, 0.25) is 0 Å². The Morgan fingerprint density at radius 2 is 1.84 bits per heavy atom. The number of H-pyrrole nitrogens is 1. The maximum atomic E-state index is 12.4. The first-order chi connectivity index (χ1) is 14.8. The zero-order valence-corrected chi connectivity index (χ0v) is 18.5. The van der Waals surface area contributed by atoms with Crippen LogP contribution in [0.1, 0.15) is 31.5 Å². The van der Waals surface area contributed by atoms with Gasteiger partial charge in [-0.1, -0.05) is 25.1 Å². The van der Waals surface area contributed by atoms with Crippen molar-refractivity contribution in [3.8, 4) is 5.69 Å². The summed E-state index contributed by atoms with van der Waals surface area (Å²) < 4.78 is 27.2. The van der Waals surface area contributed by atoms with E-state index in [1.54, 1.807) is 42.9 Å². The van der Waals surface area contributed by atoms with Crippen LogP contribution in [0, 0.1) is 5.92 Å². The molecule has 4 aromatic rings. The fourth-order valence-electron chi connectivity index (χ4n) is 3.97. The van der Waals surface area contributed by atoms with Gasteiger partial charge in [-0.15, -0.1) is 10.2 Å². The lowest BCUT2D eigenvalue weighted by molar-refractivity contribution is 0.273. The number of aryl methyl sites for hydroxylation is 1. The van der Waals surface area contributed by atoms with Gasteiger partial charge in [0.05, 0.1) is 4.90 Å². The van der Waals surface area contributed by atoms with Crippen LogP contribution in [0.3, 0.4) is 0 Å². The summed E-state index contributed by atoms with van der Waals surface area (Å²) in [6, 6.07) is 10.5. The van der Waals surface area contributed by atoms with E-state index in [2.05, 4.69) is 22.1 Å². The quantitative estimate of drug-likeness (QED) is 0.529. The van der Waals surface area contributed by atoms with Crippen LogP contribution in [-0.2, 0) is 16.9 Å². The highest BCUT2D eigenvalue weighted by atomic mass is 32.2. The molecular weight excluding hydrogens is 414 g/mol. The topological polar surface area (TPSA) is 103 Å². The number of para-hydroxylation sites is 1. The standard InChI is InChI=1S/C14H12N2O3S.C8H13N3/c1-20(18,19)12-9-16(10-5-3-2-4-6-10)14(17)13-11(12)7-8-15-13;1-6-3-7(4-6)8-10-9-5-11(8)2/h2-9,15H,1H3;5-7H,3-4H2,1-2H3. The third kappa shape index (κ3) is 4.18. The van der Waals surface area contributed by atoms with Crippen molar-refractivity contribution in [1.82, 2.24) is 24.3 Å². The molecule has 0 radical (unpaired) electrons. The fraction of sp³-hybridized carbons (Fsp3) is 0.318. The van der Waals surface area contributed by atoms with Crippen molar-refractivity contribution in [1.29, 1.82) is 0 Å². The van der Waals surface area contributed by atoms with E-state index in [-0.39, 0.29) is 16.0 Å². The van der Waals surface area contributed by atoms with E-state index < -0.39 is 9.84 Å². The summed E-state index contributed by atoms with van der Waals surface area (Å²) in [5, 5.41) is 8.37. The van der Waals surface area contributed by atoms with E-state index in [4.69, 9.17) is 0 Å². The number of aromatic amines is 1. The molecule has 3 heterocycles. The average molecular weight is 440 g/mol. The molecule has 0 atom stereocenters. The first kappa shape index (κ1) is 21.0. The monoisotopic (exact) mass is 439 g/mol. The van der Waals surface area contributed by atoms with Crippen molar-refractivity contribution in [2.45, 2.75) is 30.6 Å². The van der Waals surface area contributed by atoms with E-state index in [1.165, 1.54) is 23.6 Å². The van der Waals surface area contributed by atoms with E-state index in [1.807, 2.05) is 17.7 Å². The Balaban J connectivity index is 0.000000177. The minimum Gasteiger partial charge on any atom is -0.357 e. The molecule has 5 rings (SSSR count). The van der Waals surface area contributed by atoms with Gasteiger partial charge in [-0.05, 0) is 37.0 Å². The second kappa shape index (κ2) is 8.14. The number of nitrogens with one attached hydrogen (secondary N) is 1. The minimum absolute atomic E-state index is 0.136. The van der Waals surface area contributed by atoms with Gasteiger partial charge in [-0.2, -0.15) is 0 Å². The Bertz CT molecular complexity index is 1360. The van der Waals surface area contributed by atoms with Crippen LogP contribution in [0.4, 0.5) is 0 Å². The van der Waals surface area contributed by atoms with Crippen molar-refractivity contribution in [3.05, 3.63) is 71.3 Å². The van der Waals surface area contributed by atoms with E-state index >= 15 is 0 Å². The Hall–Kier alpha value is -3.20. The van der Waals surface area contributed by atoms with Crippen molar-refractivity contribution in [2.75, 3.05) is 6.26 Å². The highest BCUT2D eigenvalue weighted by Gasteiger charge is 2.29. The first-order valence-corrected chi connectivity index (χ1v) is 12.0. The van der Waals surface area contributed by atoms with Gasteiger partial charge in [-0.25, -0.2) is 8.42 Å². The van der Waals surface area contributed by atoms with Crippen LogP contribution in [0.25, 0.3) is 16.6 Å². The molecule has 0 bridgehead atoms. The molecule has 1 aliphatic carbocycles. The first-order valence-electron chi connectivity index (χ1n) is 10.1. The molecule has 1 fully saturated rings. The van der Waals surface area contributed by atoms with Gasteiger partial charge in [-0.3, -0.25) is 9.36 Å². The SMILES string of the molecule is CC1CC(c2nncn2C)C1.CS(=O)(=O)c1cn(-c2ccccc2)c(=O)c2[nH]ccc12. The number of pyridine rings is 1. The van der Waals surface area contributed by atoms with E-state index in [9.17, 15) is 13.2 Å². The zero-order chi connectivity index (χ0) is 22.2. The third-order valence-electron chi connectivity index (χ3n) is 5.61. The smallest absolute Gasteiger partial charge is 0.279 e. The van der Waals surface area contributed by atoms with Crippen molar-refractivity contribution >= 4 is 20.7 Å². The summed E-state index contributed by atoms with van der Waals surface area (Å²) in [6.45, 7) is 2.28. The Kier molecular flexibility index (Phi) is 5.53. The molecule has 8 nitrogen and oxygen atoms in total. The van der Waals surface area contributed by atoms with Crippen molar-refractivity contribution < 1.29 is 8.42 Å². The average Bonchev–Trinajstić information content (AvgIpc) is 3.35. The van der Waals surface area contributed by atoms with Gasteiger partial charge >= 0.3 is 0 Å². The highest BCUT2D eigenvalue weighted by Crippen LogP contribution is 2.39. The number of fused-ring (bicyclic) bond motifs is 1. The predicted octanol–water partition coefficient (Wildman–Crippen LogP) is 3.05. The Morgan fingerprint density at radius 3 is 2.42 bits per heavy atom. The molecule has 0 saturated heterocycles. The molecule has 162 valence electrons.